The quantitative estimate of drug-likeness (QED) is 0.893. The predicted octanol–water partition coefficient (Wildman–Crippen LogP) is 2.16. The summed E-state index contributed by atoms with van der Waals surface area (Å²) in [5.41, 5.74) is 1.46. The fourth-order valence-corrected chi connectivity index (χ4v) is 3.71. The van der Waals surface area contributed by atoms with E-state index in [-0.39, 0.29) is 5.91 Å². The van der Waals surface area contributed by atoms with Crippen molar-refractivity contribution in [3.63, 3.8) is 0 Å². The van der Waals surface area contributed by atoms with Crippen molar-refractivity contribution < 1.29 is 9.53 Å². The Balaban J connectivity index is 1.32. The van der Waals surface area contributed by atoms with Crippen molar-refractivity contribution >= 4 is 17.5 Å². The summed E-state index contributed by atoms with van der Waals surface area (Å²) in [6.45, 7) is 5.21. The number of carbonyl (C=O) groups is 1. The number of likely N-dealkylation sites (tertiary alicyclic amines) is 1. The summed E-state index contributed by atoms with van der Waals surface area (Å²) in [7, 11) is 0. The Labute approximate surface area is 159 Å². The Hall–Kier alpha value is -2.51. The number of ether oxygens (including phenoxy) is 1. The van der Waals surface area contributed by atoms with Crippen LogP contribution in [0.4, 0.5) is 11.6 Å². The van der Waals surface area contributed by atoms with Crippen molar-refractivity contribution in [1.82, 2.24) is 19.8 Å². The number of morpholine rings is 1. The highest BCUT2D eigenvalue weighted by molar-refractivity contribution is 5.93. The summed E-state index contributed by atoms with van der Waals surface area (Å²) >= 11 is 0. The molecule has 1 N–H and O–H groups in total. The van der Waals surface area contributed by atoms with Crippen LogP contribution < -0.4 is 5.32 Å². The van der Waals surface area contributed by atoms with Crippen molar-refractivity contribution in [2.75, 3.05) is 44.7 Å². The molecule has 4 rings (SSSR count). The van der Waals surface area contributed by atoms with Gasteiger partial charge in [0.2, 0.25) is 5.95 Å². The van der Waals surface area contributed by atoms with E-state index in [4.69, 9.17) is 4.74 Å². The molecule has 2 aliphatic heterocycles. The molecule has 0 unspecified atom stereocenters. The van der Waals surface area contributed by atoms with E-state index < -0.39 is 0 Å². The average molecular weight is 367 g/mol. The van der Waals surface area contributed by atoms with E-state index in [9.17, 15) is 4.79 Å². The fraction of sp³-hybridized carbons (Fsp3) is 0.450. The molecule has 1 amide bonds. The number of rotatable bonds is 4. The van der Waals surface area contributed by atoms with E-state index in [2.05, 4.69) is 20.2 Å². The molecular formula is C20H25N5O2. The molecule has 0 bridgehead atoms. The van der Waals surface area contributed by atoms with Crippen LogP contribution in [-0.4, -0.2) is 71.1 Å². The second-order valence-electron chi connectivity index (χ2n) is 6.96. The Kier molecular flexibility index (Phi) is 5.60. The van der Waals surface area contributed by atoms with Gasteiger partial charge in [-0.2, -0.15) is 0 Å². The number of anilines is 2. The van der Waals surface area contributed by atoms with E-state index in [0.29, 0.717) is 17.6 Å². The van der Waals surface area contributed by atoms with Crippen LogP contribution >= 0.6 is 0 Å². The van der Waals surface area contributed by atoms with Crippen LogP contribution in [-0.2, 0) is 4.74 Å². The van der Waals surface area contributed by atoms with Gasteiger partial charge in [-0.1, -0.05) is 18.2 Å². The molecule has 0 spiro atoms. The number of hydrogen-bond acceptors (Lipinski definition) is 6. The zero-order valence-corrected chi connectivity index (χ0v) is 15.4. The van der Waals surface area contributed by atoms with Crippen molar-refractivity contribution in [3.05, 3.63) is 48.3 Å². The van der Waals surface area contributed by atoms with Gasteiger partial charge in [0.25, 0.3) is 5.91 Å². The normalized spacial score (nSPS) is 19.0. The highest BCUT2D eigenvalue weighted by Crippen LogP contribution is 2.19. The van der Waals surface area contributed by atoms with Gasteiger partial charge < -0.3 is 15.0 Å². The highest BCUT2D eigenvalue weighted by Gasteiger charge is 2.28. The summed E-state index contributed by atoms with van der Waals surface area (Å²) in [6, 6.07) is 10.3. The lowest BCUT2D eigenvalue weighted by atomic mass is 10.0. The molecular weight excluding hydrogens is 342 g/mol. The molecule has 1 aromatic carbocycles. The van der Waals surface area contributed by atoms with Gasteiger partial charge in [-0.15, -0.1) is 0 Å². The first-order valence-corrected chi connectivity index (χ1v) is 9.55. The Bertz CT molecular complexity index is 739. The average Bonchev–Trinajstić information content (AvgIpc) is 2.75. The van der Waals surface area contributed by atoms with Crippen LogP contribution in [0.25, 0.3) is 0 Å². The van der Waals surface area contributed by atoms with Crippen LogP contribution in [0.5, 0.6) is 0 Å². The lowest BCUT2D eigenvalue weighted by molar-refractivity contribution is 0.00158. The van der Waals surface area contributed by atoms with Gasteiger partial charge in [-0.3, -0.25) is 9.69 Å². The highest BCUT2D eigenvalue weighted by atomic mass is 16.5. The largest absolute Gasteiger partial charge is 0.379 e. The molecule has 0 atom stereocenters. The Morgan fingerprint density at radius 2 is 1.67 bits per heavy atom. The number of nitrogens with one attached hydrogen (secondary N) is 1. The third kappa shape index (κ3) is 4.43. The van der Waals surface area contributed by atoms with Gasteiger partial charge >= 0.3 is 0 Å². The fourth-order valence-electron chi connectivity index (χ4n) is 3.71. The number of para-hydroxylation sites is 1. The molecule has 2 aliphatic rings. The maximum absolute atomic E-state index is 12.7. The van der Waals surface area contributed by atoms with Crippen LogP contribution in [0.2, 0.25) is 0 Å². The van der Waals surface area contributed by atoms with E-state index in [1.54, 1.807) is 12.4 Å². The van der Waals surface area contributed by atoms with Crippen LogP contribution in [0.3, 0.4) is 0 Å². The first-order chi connectivity index (χ1) is 13.3. The van der Waals surface area contributed by atoms with Crippen molar-refractivity contribution in [1.29, 1.82) is 0 Å². The summed E-state index contributed by atoms with van der Waals surface area (Å²) in [5.74, 6) is 0.505. The number of hydrogen-bond donors (Lipinski definition) is 1. The SMILES string of the molecule is O=C(c1cnc(Nc2ccccc2)nc1)N1CCC(N2CCOCC2)CC1. The molecule has 2 fully saturated rings. The van der Waals surface area contributed by atoms with E-state index in [1.165, 1.54) is 0 Å². The number of nitrogens with zero attached hydrogens (tertiary/aromatic N) is 4. The van der Waals surface area contributed by atoms with Crippen LogP contribution in [0.1, 0.15) is 23.2 Å². The van der Waals surface area contributed by atoms with Gasteiger partial charge in [-0.05, 0) is 25.0 Å². The van der Waals surface area contributed by atoms with Crippen molar-refractivity contribution in [2.24, 2.45) is 0 Å². The van der Waals surface area contributed by atoms with E-state index in [0.717, 1.165) is 57.9 Å². The maximum Gasteiger partial charge on any atom is 0.256 e. The number of piperidine rings is 1. The third-order valence-electron chi connectivity index (χ3n) is 5.24. The van der Waals surface area contributed by atoms with Crippen LogP contribution in [0, 0.1) is 0 Å². The summed E-state index contributed by atoms with van der Waals surface area (Å²) < 4.78 is 5.43. The maximum atomic E-state index is 12.7. The first-order valence-electron chi connectivity index (χ1n) is 9.55. The van der Waals surface area contributed by atoms with Gasteiger partial charge in [-0.25, -0.2) is 9.97 Å². The minimum Gasteiger partial charge on any atom is -0.379 e. The van der Waals surface area contributed by atoms with Gasteiger partial charge in [0, 0.05) is 50.3 Å². The lowest BCUT2D eigenvalue weighted by Gasteiger charge is -2.40. The number of carbonyl (C=O) groups excluding carboxylic acids is 1. The standard InChI is InChI=1S/C20H25N5O2/c26-19(25-8-6-18(7-9-25)24-10-12-27-13-11-24)16-14-21-20(22-15-16)23-17-4-2-1-3-5-17/h1-5,14-15,18H,6-13H2,(H,21,22,23). The topological polar surface area (TPSA) is 70.6 Å². The second-order valence-corrected chi connectivity index (χ2v) is 6.96. The summed E-state index contributed by atoms with van der Waals surface area (Å²) in [4.78, 5) is 25.7. The monoisotopic (exact) mass is 367 g/mol. The summed E-state index contributed by atoms with van der Waals surface area (Å²) in [6.07, 6.45) is 5.24. The van der Waals surface area contributed by atoms with Gasteiger partial charge in [0.05, 0.1) is 18.8 Å². The minimum atomic E-state index is 0.0155. The number of benzene rings is 1. The Morgan fingerprint density at radius 1 is 1.00 bits per heavy atom. The number of aromatic nitrogens is 2. The smallest absolute Gasteiger partial charge is 0.256 e. The van der Waals surface area contributed by atoms with Crippen molar-refractivity contribution in [3.8, 4) is 0 Å². The van der Waals surface area contributed by atoms with Gasteiger partial charge in [0.15, 0.2) is 0 Å². The molecule has 2 aromatic rings. The van der Waals surface area contributed by atoms with E-state index >= 15 is 0 Å². The zero-order chi connectivity index (χ0) is 18.5. The molecule has 2 saturated heterocycles. The molecule has 7 nitrogen and oxygen atoms in total. The molecule has 27 heavy (non-hydrogen) atoms. The van der Waals surface area contributed by atoms with E-state index in [1.807, 2.05) is 35.2 Å². The Morgan fingerprint density at radius 3 is 2.33 bits per heavy atom. The molecule has 7 heteroatoms. The zero-order valence-electron chi connectivity index (χ0n) is 15.4. The molecule has 0 saturated carbocycles. The molecule has 0 radical (unpaired) electrons. The molecule has 3 heterocycles. The van der Waals surface area contributed by atoms with Crippen molar-refractivity contribution in [2.45, 2.75) is 18.9 Å². The molecule has 142 valence electrons. The molecule has 0 aliphatic carbocycles. The minimum absolute atomic E-state index is 0.0155. The molecule has 1 aromatic heterocycles. The number of amides is 1. The lowest BCUT2D eigenvalue weighted by Crippen LogP contribution is -2.50. The van der Waals surface area contributed by atoms with Crippen LogP contribution in [0.15, 0.2) is 42.7 Å². The second kappa shape index (κ2) is 8.45. The third-order valence-corrected chi connectivity index (χ3v) is 5.24. The predicted molar refractivity (Wildman–Crippen MR) is 103 cm³/mol. The summed E-state index contributed by atoms with van der Waals surface area (Å²) in [5, 5.41) is 3.13. The van der Waals surface area contributed by atoms with Gasteiger partial charge in [0.1, 0.15) is 0 Å². The first kappa shape index (κ1) is 17.9.